The van der Waals surface area contributed by atoms with Crippen LogP contribution < -0.4 is 0 Å². The molecule has 1 saturated heterocycles. The van der Waals surface area contributed by atoms with Crippen molar-refractivity contribution in [3.05, 3.63) is 35.0 Å². The van der Waals surface area contributed by atoms with Crippen molar-refractivity contribution >= 4 is 5.91 Å². The molecule has 0 aromatic carbocycles. The van der Waals surface area contributed by atoms with Gasteiger partial charge in [-0.1, -0.05) is 19.0 Å². The van der Waals surface area contributed by atoms with Crippen molar-refractivity contribution in [2.24, 2.45) is 0 Å². The summed E-state index contributed by atoms with van der Waals surface area (Å²) in [6.45, 7) is 7.46. The maximum atomic E-state index is 12.8. The van der Waals surface area contributed by atoms with Crippen molar-refractivity contribution in [2.45, 2.75) is 32.7 Å². The fraction of sp³-hybridized carbons (Fsp3) is 0.533. The normalized spacial score (nSPS) is 18.9. The molecule has 1 fully saturated rings. The van der Waals surface area contributed by atoms with Gasteiger partial charge in [0.05, 0.1) is 36.8 Å². The fourth-order valence-corrected chi connectivity index (χ4v) is 2.58. The van der Waals surface area contributed by atoms with E-state index >= 15 is 0 Å². The Morgan fingerprint density at radius 2 is 2.32 bits per heavy atom. The topological polar surface area (TPSA) is 84.2 Å². The van der Waals surface area contributed by atoms with Gasteiger partial charge in [-0.25, -0.2) is 0 Å². The lowest BCUT2D eigenvalue weighted by Crippen LogP contribution is -2.43. The minimum atomic E-state index is -0.184. The summed E-state index contributed by atoms with van der Waals surface area (Å²) >= 11 is 0. The molecule has 1 aliphatic heterocycles. The van der Waals surface area contributed by atoms with E-state index in [1.54, 1.807) is 17.2 Å². The third-order valence-corrected chi connectivity index (χ3v) is 3.92. The molecule has 3 heterocycles. The predicted molar refractivity (Wildman–Crippen MR) is 78.5 cm³/mol. The number of nitrogens with zero attached hydrogens (tertiary/aromatic N) is 3. The molecule has 1 N–H and O–H groups in total. The number of carbonyl (C=O) groups is 1. The number of morpholine rings is 1. The summed E-state index contributed by atoms with van der Waals surface area (Å²) in [5.41, 5.74) is 2.69. The molecule has 7 heteroatoms. The lowest BCUT2D eigenvalue weighted by atomic mass is 10.1. The van der Waals surface area contributed by atoms with E-state index in [4.69, 9.17) is 9.26 Å². The van der Waals surface area contributed by atoms with Crippen LogP contribution in [0.3, 0.4) is 0 Å². The van der Waals surface area contributed by atoms with E-state index in [0.717, 1.165) is 17.0 Å². The fourth-order valence-electron chi connectivity index (χ4n) is 2.58. The Balaban J connectivity index is 1.86. The lowest BCUT2D eigenvalue weighted by molar-refractivity contribution is -0.00600. The molecule has 22 heavy (non-hydrogen) atoms. The van der Waals surface area contributed by atoms with Crippen molar-refractivity contribution in [3.63, 3.8) is 0 Å². The summed E-state index contributed by atoms with van der Waals surface area (Å²) in [7, 11) is 0. The van der Waals surface area contributed by atoms with Gasteiger partial charge in [0, 0.05) is 12.6 Å². The molecule has 2 aromatic rings. The predicted octanol–water partition coefficient (Wildman–Crippen LogP) is 2.04. The van der Waals surface area contributed by atoms with Gasteiger partial charge in [0.15, 0.2) is 0 Å². The van der Waals surface area contributed by atoms with E-state index in [1.165, 1.54) is 0 Å². The number of hydrogen-bond acceptors (Lipinski definition) is 5. The molecule has 0 bridgehead atoms. The molecule has 1 unspecified atom stereocenters. The average molecular weight is 304 g/mol. The second-order valence-electron chi connectivity index (χ2n) is 5.83. The first-order chi connectivity index (χ1) is 10.6. The Morgan fingerprint density at radius 1 is 1.50 bits per heavy atom. The molecule has 0 saturated carbocycles. The third kappa shape index (κ3) is 2.64. The first-order valence-corrected chi connectivity index (χ1v) is 7.43. The first-order valence-electron chi connectivity index (χ1n) is 7.43. The largest absolute Gasteiger partial charge is 0.377 e. The van der Waals surface area contributed by atoms with Gasteiger partial charge in [0.25, 0.3) is 5.91 Å². The number of H-pyrrole nitrogens is 1. The number of rotatable bonds is 3. The van der Waals surface area contributed by atoms with E-state index in [9.17, 15) is 4.79 Å². The van der Waals surface area contributed by atoms with Crippen molar-refractivity contribution < 1.29 is 14.1 Å². The van der Waals surface area contributed by atoms with Crippen LogP contribution in [0.1, 0.15) is 53.3 Å². The van der Waals surface area contributed by atoms with E-state index < -0.39 is 0 Å². The molecule has 3 rings (SSSR count). The SMILES string of the molecule is Cc1cn[nH]c1C1COCCN1C(=O)c1cc(C(C)C)no1. The standard InChI is InChI=1S/C15H20N4O3/c1-9(2)11-6-13(22-18-11)15(20)19-4-5-21-8-12(19)14-10(3)7-16-17-14/h6-7,9,12H,4-5,8H2,1-3H3,(H,16,17). The lowest BCUT2D eigenvalue weighted by Gasteiger charge is -2.34. The van der Waals surface area contributed by atoms with Gasteiger partial charge in [-0.3, -0.25) is 9.89 Å². The van der Waals surface area contributed by atoms with Crippen LogP contribution in [0, 0.1) is 6.92 Å². The summed E-state index contributed by atoms with van der Waals surface area (Å²) in [6, 6.07) is 1.54. The Labute approximate surface area is 128 Å². The summed E-state index contributed by atoms with van der Waals surface area (Å²) < 4.78 is 10.8. The molecular weight excluding hydrogens is 284 g/mol. The van der Waals surface area contributed by atoms with E-state index in [2.05, 4.69) is 15.4 Å². The first kappa shape index (κ1) is 14.8. The van der Waals surface area contributed by atoms with Gasteiger partial charge in [-0.15, -0.1) is 0 Å². The van der Waals surface area contributed by atoms with Crippen molar-refractivity contribution in [3.8, 4) is 0 Å². The maximum Gasteiger partial charge on any atom is 0.293 e. The molecule has 1 atom stereocenters. The van der Waals surface area contributed by atoms with Crippen LogP contribution in [0.5, 0.6) is 0 Å². The number of nitrogens with one attached hydrogen (secondary N) is 1. The van der Waals surface area contributed by atoms with Crippen LogP contribution in [0.2, 0.25) is 0 Å². The van der Waals surface area contributed by atoms with Crippen LogP contribution in [-0.2, 0) is 4.74 Å². The van der Waals surface area contributed by atoms with Gasteiger partial charge < -0.3 is 14.2 Å². The quantitative estimate of drug-likeness (QED) is 0.938. The molecule has 0 radical (unpaired) electrons. The summed E-state index contributed by atoms with van der Waals surface area (Å²) in [5.74, 6) is 0.329. The smallest absolute Gasteiger partial charge is 0.293 e. The summed E-state index contributed by atoms with van der Waals surface area (Å²) in [6.07, 6.45) is 1.75. The van der Waals surface area contributed by atoms with Crippen LogP contribution in [0.25, 0.3) is 0 Å². The van der Waals surface area contributed by atoms with Crippen molar-refractivity contribution in [1.82, 2.24) is 20.3 Å². The minimum Gasteiger partial charge on any atom is -0.377 e. The highest BCUT2D eigenvalue weighted by Gasteiger charge is 2.33. The molecule has 1 aliphatic rings. The Bertz CT molecular complexity index is 661. The number of hydrogen-bond donors (Lipinski definition) is 1. The Kier molecular flexibility index (Phi) is 3.98. The maximum absolute atomic E-state index is 12.8. The van der Waals surface area contributed by atoms with Gasteiger partial charge in [-0.05, 0) is 18.4 Å². The molecule has 0 aliphatic carbocycles. The number of ether oxygens (including phenoxy) is 1. The van der Waals surface area contributed by atoms with Crippen LogP contribution in [-0.4, -0.2) is 45.9 Å². The van der Waals surface area contributed by atoms with Crippen molar-refractivity contribution in [1.29, 1.82) is 0 Å². The number of carbonyl (C=O) groups excluding carboxylic acids is 1. The zero-order valence-corrected chi connectivity index (χ0v) is 13.0. The minimum absolute atomic E-state index is 0.165. The average Bonchev–Trinajstić information content (AvgIpc) is 3.15. The molecule has 1 amide bonds. The zero-order valence-electron chi connectivity index (χ0n) is 13.0. The van der Waals surface area contributed by atoms with Crippen LogP contribution in [0.4, 0.5) is 0 Å². The van der Waals surface area contributed by atoms with Gasteiger partial charge in [-0.2, -0.15) is 5.10 Å². The van der Waals surface area contributed by atoms with Gasteiger partial charge in [0.1, 0.15) is 0 Å². The van der Waals surface area contributed by atoms with Gasteiger partial charge >= 0.3 is 0 Å². The molecule has 0 spiro atoms. The number of aromatic nitrogens is 3. The number of aryl methyl sites for hydroxylation is 1. The van der Waals surface area contributed by atoms with E-state index in [-0.39, 0.29) is 23.6 Å². The molecule has 118 valence electrons. The highest BCUT2D eigenvalue weighted by Crippen LogP contribution is 2.27. The molecular formula is C15H20N4O3. The summed E-state index contributed by atoms with van der Waals surface area (Å²) in [5, 5.41) is 11.0. The third-order valence-electron chi connectivity index (χ3n) is 3.92. The van der Waals surface area contributed by atoms with Crippen molar-refractivity contribution in [2.75, 3.05) is 19.8 Å². The van der Waals surface area contributed by atoms with E-state index in [0.29, 0.717) is 19.8 Å². The second kappa shape index (κ2) is 5.92. The Morgan fingerprint density at radius 3 is 2.95 bits per heavy atom. The highest BCUT2D eigenvalue weighted by atomic mass is 16.5. The van der Waals surface area contributed by atoms with Crippen LogP contribution >= 0.6 is 0 Å². The van der Waals surface area contributed by atoms with Gasteiger partial charge in [0.2, 0.25) is 5.76 Å². The Hall–Kier alpha value is -2.15. The molecule has 2 aromatic heterocycles. The zero-order chi connectivity index (χ0) is 15.7. The number of amides is 1. The second-order valence-corrected chi connectivity index (χ2v) is 5.83. The highest BCUT2D eigenvalue weighted by molar-refractivity contribution is 5.91. The van der Waals surface area contributed by atoms with E-state index in [1.807, 2.05) is 20.8 Å². The summed E-state index contributed by atoms with van der Waals surface area (Å²) in [4.78, 5) is 14.5. The number of aromatic amines is 1. The van der Waals surface area contributed by atoms with Crippen LogP contribution in [0.15, 0.2) is 16.8 Å². The molecule has 7 nitrogen and oxygen atoms in total. The monoisotopic (exact) mass is 304 g/mol.